The van der Waals surface area contributed by atoms with Gasteiger partial charge in [0.25, 0.3) is 0 Å². The molecule has 9 aromatic rings. The zero-order chi connectivity index (χ0) is 39.2. The molecular formula is C52H47N3OSi. The minimum atomic E-state index is -3.16. The molecule has 3 heterocycles. The standard InChI is InChI=1S/C52H47N3OSi/c1-50(2,3)52(51(4,5)6)40-27-13-18-33-46(40)56-48-41(52)28-20-34-47(48)57(37-22-9-7-10-23-37,38-24-11-8-12-25-38)39-26-19-21-36(35-39)54-44-31-16-17-32-45(44)55-43-30-15-14-29-42(43)53-49(54)55/h7-35H,1-6H3. The number of nitrogens with zero attached hydrogens (tertiary/aromatic N) is 3. The van der Waals surface area contributed by atoms with Gasteiger partial charge >= 0.3 is 0 Å². The van der Waals surface area contributed by atoms with Crippen LogP contribution in [-0.4, -0.2) is 22.0 Å². The second-order valence-corrected chi connectivity index (χ2v) is 21.4. The van der Waals surface area contributed by atoms with Crippen LogP contribution in [0.25, 0.3) is 33.5 Å². The van der Waals surface area contributed by atoms with Crippen LogP contribution in [0.5, 0.6) is 11.5 Å². The van der Waals surface area contributed by atoms with E-state index in [1.54, 1.807) is 0 Å². The lowest BCUT2D eigenvalue weighted by atomic mass is 9.48. The van der Waals surface area contributed by atoms with E-state index in [0.29, 0.717) is 0 Å². The van der Waals surface area contributed by atoms with E-state index in [2.05, 4.69) is 226 Å². The summed E-state index contributed by atoms with van der Waals surface area (Å²) in [6.07, 6.45) is 0. The summed E-state index contributed by atoms with van der Waals surface area (Å²) >= 11 is 0. The van der Waals surface area contributed by atoms with Crippen LogP contribution in [0.2, 0.25) is 0 Å². The molecule has 57 heavy (non-hydrogen) atoms. The number of imidazole rings is 2. The van der Waals surface area contributed by atoms with Crippen molar-refractivity contribution in [3.63, 3.8) is 0 Å². The van der Waals surface area contributed by atoms with Crippen molar-refractivity contribution >= 4 is 56.7 Å². The third-order valence-electron chi connectivity index (χ3n) is 12.6. The van der Waals surface area contributed by atoms with Crippen molar-refractivity contribution in [1.29, 1.82) is 0 Å². The van der Waals surface area contributed by atoms with E-state index in [9.17, 15) is 0 Å². The van der Waals surface area contributed by atoms with E-state index in [-0.39, 0.29) is 16.2 Å². The minimum absolute atomic E-state index is 0.156. The molecule has 0 bridgehead atoms. The second-order valence-electron chi connectivity index (χ2n) is 17.6. The summed E-state index contributed by atoms with van der Waals surface area (Å²) in [4.78, 5) is 5.25. The monoisotopic (exact) mass is 757 g/mol. The fourth-order valence-corrected chi connectivity index (χ4v) is 15.8. The van der Waals surface area contributed by atoms with Gasteiger partial charge in [-0.25, -0.2) is 4.98 Å². The van der Waals surface area contributed by atoms with Crippen molar-refractivity contribution in [2.24, 2.45) is 10.8 Å². The second kappa shape index (κ2) is 12.7. The molecule has 0 radical (unpaired) electrons. The third-order valence-corrected chi connectivity index (χ3v) is 17.4. The molecule has 0 atom stereocenters. The van der Waals surface area contributed by atoms with E-state index >= 15 is 0 Å². The molecule has 4 nitrogen and oxygen atoms in total. The molecule has 7 aromatic carbocycles. The van der Waals surface area contributed by atoms with Crippen LogP contribution in [0.3, 0.4) is 0 Å². The van der Waals surface area contributed by atoms with Crippen LogP contribution in [0.1, 0.15) is 52.7 Å². The van der Waals surface area contributed by atoms with Gasteiger partial charge in [-0.1, -0.05) is 175 Å². The lowest BCUT2D eigenvalue weighted by Crippen LogP contribution is -2.75. The topological polar surface area (TPSA) is 31.5 Å². The Morgan fingerprint density at radius 2 is 1.05 bits per heavy atom. The number of para-hydroxylation sites is 6. The van der Waals surface area contributed by atoms with Crippen molar-refractivity contribution < 1.29 is 4.74 Å². The van der Waals surface area contributed by atoms with E-state index in [1.807, 2.05) is 0 Å². The van der Waals surface area contributed by atoms with Crippen molar-refractivity contribution in [2.45, 2.75) is 47.0 Å². The van der Waals surface area contributed by atoms with Gasteiger partial charge in [-0.05, 0) is 74.0 Å². The van der Waals surface area contributed by atoms with Gasteiger partial charge in [-0.3, -0.25) is 8.97 Å². The first-order valence-corrected chi connectivity index (χ1v) is 22.1. The van der Waals surface area contributed by atoms with Crippen LogP contribution < -0.4 is 25.5 Å². The Balaban J connectivity index is 1.34. The van der Waals surface area contributed by atoms with Gasteiger partial charge < -0.3 is 4.74 Å². The Kier molecular flexibility index (Phi) is 7.84. The summed E-state index contributed by atoms with van der Waals surface area (Å²) in [7, 11) is -3.16. The van der Waals surface area contributed by atoms with Gasteiger partial charge in [0, 0.05) is 22.2 Å². The molecule has 0 fully saturated rings. The lowest BCUT2D eigenvalue weighted by molar-refractivity contribution is 0.0803. The maximum atomic E-state index is 7.39. The van der Waals surface area contributed by atoms with Crippen LogP contribution in [0, 0.1) is 10.8 Å². The molecule has 0 unspecified atom stereocenters. The van der Waals surface area contributed by atoms with Crippen molar-refractivity contribution in [3.05, 3.63) is 187 Å². The Hall–Kier alpha value is -6.17. The highest BCUT2D eigenvalue weighted by Crippen LogP contribution is 2.63. The quantitative estimate of drug-likeness (QED) is 0.129. The molecule has 2 aromatic heterocycles. The SMILES string of the molecule is CC(C)(C)C1(C(C)(C)C)c2ccccc2Oc2c1cccc2[Si](c1ccccc1)(c1ccccc1)c1cccc(-n2c3ccccc3n3c4ccccc4nc23)c1. The summed E-state index contributed by atoms with van der Waals surface area (Å²) in [5.74, 6) is 2.82. The molecule has 0 aliphatic carbocycles. The van der Waals surface area contributed by atoms with Gasteiger partial charge in [0.2, 0.25) is 5.78 Å². The van der Waals surface area contributed by atoms with Crippen LogP contribution in [0.4, 0.5) is 0 Å². The van der Waals surface area contributed by atoms with Gasteiger partial charge in [0.1, 0.15) is 11.5 Å². The van der Waals surface area contributed by atoms with E-state index in [0.717, 1.165) is 45.0 Å². The Bertz CT molecular complexity index is 2910. The molecule has 0 N–H and O–H groups in total. The Labute approximate surface area is 336 Å². The van der Waals surface area contributed by atoms with Crippen molar-refractivity contribution in [3.8, 4) is 17.2 Å². The lowest BCUT2D eigenvalue weighted by Gasteiger charge is -2.57. The average Bonchev–Trinajstić information content (AvgIpc) is 3.75. The highest BCUT2D eigenvalue weighted by Gasteiger charge is 2.58. The summed E-state index contributed by atoms with van der Waals surface area (Å²) in [6, 6.07) is 64.6. The summed E-state index contributed by atoms with van der Waals surface area (Å²) in [5.41, 5.74) is 7.23. The van der Waals surface area contributed by atoms with E-state index in [4.69, 9.17) is 9.72 Å². The predicted molar refractivity (Wildman–Crippen MR) is 239 cm³/mol. The van der Waals surface area contributed by atoms with Crippen molar-refractivity contribution in [2.75, 3.05) is 0 Å². The number of rotatable bonds is 5. The fraction of sp³-hybridized carbons (Fsp3) is 0.173. The van der Waals surface area contributed by atoms with Gasteiger partial charge in [0.15, 0.2) is 8.07 Å². The number of benzene rings is 7. The highest BCUT2D eigenvalue weighted by atomic mass is 28.3. The maximum Gasteiger partial charge on any atom is 0.220 e. The summed E-state index contributed by atoms with van der Waals surface area (Å²) in [6.45, 7) is 14.4. The molecular weight excluding hydrogens is 711 g/mol. The van der Waals surface area contributed by atoms with E-state index < -0.39 is 8.07 Å². The van der Waals surface area contributed by atoms with Gasteiger partial charge in [0.05, 0.1) is 22.1 Å². The first-order chi connectivity index (χ1) is 27.6. The number of ether oxygens (including phenoxy) is 1. The highest BCUT2D eigenvalue weighted by molar-refractivity contribution is 7.20. The van der Waals surface area contributed by atoms with Gasteiger partial charge in [-0.15, -0.1) is 0 Å². The minimum Gasteiger partial charge on any atom is -0.457 e. The molecule has 0 amide bonds. The Morgan fingerprint density at radius 3 is 1.74 bits per heavy atom. The molecule has 5 heteroatoms. The van der Waals surface area contributed by atoms with Crippen LogP contribution in [-0.2, 0) is 5.41 Å². The molecule has 1 aliphatic heterocycles. The zero-order valence-corrected chi connectivity index (χ0v) is 34.5. The predicted octanol–water partition coefficient (Wildman–Crippen LogP) is 10.3. The first kappa shape index (κ1) is 35.3. The number of fused-ring (bicyclic) bond motifs is 7. The molecule has 0 spiro atoms. The molecule has 280 valence electrons. The smallest absolute Gasteiger partial charge is 0.220 e. The number of aromatic nitrogens is 3. The molecule has 1 aliphatic rings. The summed E-state index contributed by atoms with van der Waals surface area (Å²) < 4.78 is 12.0. The molecule has 0 saturated carbocycles. The van der Waals surface area contributed by atoms with Crippen LogP contribution >= 0.6 is 0 Å². The Morgan fingerprint density at radius 1 is 0.509 bits per heavy atom. The molecule has 10 rings (SSSR count). The third kappa shape index (κ3) is 4.88. The zero-order valence-electron chi connectivity index (χ0n) is 33.5. The largest absolute Gasteiger partial charge is 0.457 e. The number of hydrogen-bond acceptors (Lipinski definition) is 2. The van der Waals surface area contributed by atoms with Crippen LogP contribution in [0.15, 0.2) is 176 Å². The van der Waals surface area contributed by atoms with E-state index in [1.165, 1.54) is 31.9 Å². The number of hydrogen-bond donors (Lipinski definition) is 0. The molecule has 0 saturated heterocycles. The fourth-order valence-electron chi connectivity index (χ4n) is 10.9. The normalized spacial score (nSPS) is 14.1. The van der Waals surface area contributed by atoms with Gasteiger partial charge in [-0.2, -0.15) is 0 Å². The average molecular weight is 758 g/mol. The summed E-state index contributed by atoms with van der Waals surface area (Å²) in [5, 5.41) is 5.12. The maximum absolute atomic E-state index is 7.39. The van der Waals surface area contributed by atoms with Crippen molar-refractivity contribution in [1.82, 2.24) is 14.0 Å². The first-order valence-electron chi connectivity index (χ1n) is 20.1.